The largest absolute Gasteiger partial charge is 0.366 e. The van der Waals surface area contributed by atoms with Crippen molar-refractivity contribution >= 4 is 0 Å². The normalized spacial score (nSPS) is 20.1. The molecule has 2 heterocycles. The Hall–Kier alpha value is -1.72. The monoisotopic (exact) mass is 273 g/mol. The molecule has 2 aromatic rings. The van der Waals surface area contributed by atoms with Crippen LogP contribution >= 0.6 is 0 Å². The molecule has 2 unspecified atom stereocenters. The molecular formula is C15H19N3O2. The minimum Gasteiger partial charge on any atom is -0.366 e. The van der Waals surface area contributed by atoms with E-state index in [1.54, 1.807) is 0 Å². The summed E-state index contributed by atoms with van der Waals surface area (Å²) in [5, 5.41) is 7.42. The van der Waals surface area contributed by atoms with E-state index in [9.17, 15) is 0 Å². The Morgan fingerprint density at radius 2 is 2.25 bits per heavy atom. The van der Waals surface area contributed by atoms with Crippen LogP contribution in [0.2, 0.25) is 0 Å². The van der Waals surface area contributed by atoms with Gasteiger partial charge in [-0.1, -0.05) is 35.5 Å². The number of benzene rings is 1. The number of hydrogen-bond acceptors (Lipinski definition) is 5. The molecule has 1 saturated heterocycles. The highest BCUT2D eigenvalue weighted by Gasteiger charge is 2.26. The number of aromatic nitrogens is 2. The van der Waals surface area contributed by atoms with E-state index in [1.807, 2.05) is 37.3 Å². The average molecular weight is 273 g/mol. The molecule has 2 atom stereocenters. The van der Waals surface area contributed by atoms with Gasteiger partial charge in [0.1, 0.15) is 6.10 Å². The predicted octanol–water partition coefficient (Wildman–Crippen LogP) is 2.27. The highest BCUT2D eigenvalue weighted by atomic mass is 16.5. The van der Waals surface area contributed by atoms with E-state index in [-0.39, 0.29) is 6.10 Å². The van der Waals surface area contributed by atoms with Crippen molar-refractivity contribution in [3.05, 3.63) is 47.6 Å². The summed E-state index contributed by atoms with van der Waals surface area (Å²) >= 11 is 0. The van der Waals surface area contributed by atoms with Gasteiger partial charge in [0, 0.05) is 13.2 Å². The smallest absolute Gasteiger partial charge is 0.231 e. The summed E-state index contributed by atoms with van der Waals surface area (Å²) in [6.07, 6.45) is 0.791. The lowest BCUT2D eigenvalue weighted by molar-refractivity contribution is 0.0833. The van der Waals surface area contributed by atoms with Crippen LogP contribution in [0.3, 0.4) is 0 Å². The minimum atomic E-state index is -0.256. The van der Waals surface area contributed by atoms with Gasteiger partial charge in [0.2, 0.25) is 11.7 Å². The molecule has 0 amide bonds. The van der Waals surface area contributed by atoms with E-state index >= 15 is 0 Å². The van der Waals surface area contributed by atoms with E-state index in [4.69, 9.17) is 9.26 Å². The molecule has 0 radical (unpaired) electrons. The van der Waals surface area contributed by atoms with Crippen molar-refractivity contribution in [1.82, 2.24) is 15.5 Å². The van der Waals surface area contributed by atoms with Crippen LogP contribution < -0.4 is 5.32 Å². The Kier molecular flexibility index (Phi) is 4.08. The Labute approximate surface area is 118 Å². The first-order valence-electron chi connectivity index (χ1n) is 7.09. The second-order valence-corrected chi connectivity index (χ2v) is 4.93. The highest BCUT2D eigenvalue weighted by molar-refractivity contribution is 5.22. The van der Waals surface area contributed by atoms with Gasteiger partial charge in [-0.3, -0.25) is 0 Å². The number of nitrogens with one attached hydrogen (secondary N) is 1. The summed E-state index contributed by atoms with van der Waals surface area (Å²) in [4.78, 5) is 4.54. The second-order valence-electron chi connectivity index (χ2n) is 4.93. The van der Waals surface area contributed by atoms with Gasteiger partial charge in [0.15, 0.2) is 0 Å². The molecular weight excluding hydrogens is 254 g/mol. The number of hydrogen-bond donors (Lipinski definition) is 1. The molecule has 0 spiro atoms. The third kappa shape index (κ3) is 2.73. The van der Waals surface area contributed by atoms with Gasteiger partial charge in [-0.2, -0.15) is 4.98 Å². The van der Waals surface area contributed by atoms with Crippen LogP contribution in [0.4, 0.5) is 0 Å². The molecule has 5 nitrogen and oxygen atoms in total. The topological polar surface area (TPSA) is 60.2 Å². The van der Waals surface area contributed by atoms with Crippen LogP contribution in [-0.2, 0) is 4.74 Å². The molecule has 20 heavy (non-hydrogen) atoms. The number of nitrogens with zero attached hydrogens (tertiary/aromatic N) is 2. The maximum Gasteiger partial charge on any atom is 0.231 e. The maximum atomic E-state index is 5.79. The van der Waals surface area contributed by atoms with Crippen LogP contribution in [-0.4, -0.2) is 29.8 Å². The molecule has 0 aliphatic carbocycles. The Morgan fingerprint density at radius 3 is 2.95 bits per heavy atom. The zero-order chi connectivity index (χ0) is 13.8. The van der Waals surface area contributed by atoms with Crippen LogP contribution in [0.25, 0.3) is 0 Å². The van der Waals surface area contributed by atoms with Crippen molar-refractivity contribution in [2.45, 2.75) is 25.4 Å². The highest BCUT2D eigenvalue weighted by Crippen LogP contribution is 2.26. The van der Waals surface area contributed by atoms with Crippen LogP contribution in [0.15, 0.2) is 34.9 Å². The van der Waals surface area contributed by atoms with Crippen molar-refractivity contribution in [2.75, 3.05) is 19.7 Å². The summed E-state index contributed by atoms with van der Waals surface area (Å²) in [6, 6.07) is 10.0. The third-order valence-electron chi connectivity index (χ3n) is 3.54. The van der Waals surface area contributed by atoms with Crippen molar-refractivity contribution in [1.29, 1.82) is 0 Å². The lowest BCUT2D eigenvalue weighted by Crippen LogP contribution is -2.10. The Bertz CT molecular complexity index is 535. The predicted molar refractivity (Wildman–Crippen MR) is 74.4 cm³/mol. The lowest BCUT2D eigenvalue weighted by atomic mass is 10.1. The van der Waals surface area contributed by atoms with Crippen LogP contribution in [0.5, 0.6) is 0 Å². The number of rotatable bonds is 5. The molecule has 1 aliphatic rings. The van der Waals surface area contributed by atoms with Gasteiger partial charge >= 0.3 is 0 Å². The molecule has 1 aromatic carbocycles. The van der Waals surface area contributed by atoms with E-state index in [2.05, 4.69) is 15.5 Å². The van der Waals surface area contributed by atoms with Gasteiger partial charge < -0.3 is 14.6 Å². The molecule has 3 rings (SSSR count). The fourth-order valence-corrected chi connectivity index (χ4v) is 2.50. The molecule has 1 N–H and O–H groups in total. The lowest BCUT2D eigenvalue weighted by Gasteiger charge is -2.13. The fourth-order valence-electron chi connectivity index (χ4n) is 2.50. The van der Waals surface area contributed by atoms with Crippen molar-refractivity contribution in [2.24, 2.45) is 0 Å². The van der Waals surface area contributed by atoms with E-state index in [0.717, 1.165) is 25.1 Å². The van der Waals surface area contributed by atoms with Crippen molar-refractivity contribution in [3.8, 4) is 0 Å². The van der Waals surface area contributed by atoms with Crippen LogP contribution in [0.1, 0.15) is 42.6 Å². The third-order valence-corrected chi connectivity index (χ3v) is 3.54. The Balaban J connectivity index is 1.84. The molecule has 106 valence electrons. The van der Waals surface area contributed by atoms with Crippen molar-refractivity contribution in [3.63, 3.8) is 0 Å². The van der Waals surface area contributed by atoms with Crippen molar-refractivity contribution < 1.29 is 9.26 Å². The van der Waals surface area contributed by atoms with E-state index < -0.39 is 0 Å². The van der Waals surface area contributed by atoms with Gasteiger partial charge in [-0.05, 0) is 25.5 Å². The molecule has 0 bridgehead atoms. The van der Waals surface area contributed by atoms with Gasteiger partial charge in [-0.15, -0.1) is 0 Å². The SMILES string of the molecule is CCOC(c1ccccc1)c1noc(C2CCNC2)n1. The summed E-state index contributed by atoms with van der Waals surface area (Å²) in [7, 11) is 0. The zero-order valence-corrected chi connectivity index (χ0v) is 11.6. The first kappa shape index (κ1) is 13.3. The standard InChI is InChI=1S/C15H19N3O2/c1-2-19-13(11-6-4-3-5-7-11)14-17-15(20-18-14)12-8-9-16-10-12/h3-7,12-13,16H,2,8-10H2,1H3. The van der Waals surface area contributed by atoms with Gasteiger partial charge in [0.05, 0.1) is 5.92 Å². The second kappa shape index (κ2) is 6.15. The summed E-state index contributed by atoms with van der Waals surface area (Å²) in [6.45, 7) is 4.49. The quantitative estimate of drug-likeness (QED) is 0.905. The molecule has 0 saturated carbocycles. The Morgan fingerprint density at radius 1 is 1.40 bits per heavy atom. The fraction of sp³-hybridized carbons (Fsp3) is 0.467. The molecule has 1 aliphatic heterocycles. The summed E-state index contributed by atoms with van der Waals surface area (Å²) < 4.78 is 11.2. The molecule has 5 heteroatoms. The van der Waals surface area contributed by atoms with Gasteiger partial charge in [-0.25, -0.2) is 0 Å². The summed E-state index contributed by atoms with van der Waals surface area (Å²) in [5.74, 6) is 1.65. The average Bonchev–Trinajstić information content (AvgIpc) is 3.16. The first-order valence-corrected chi connectivity index (χ1v) is 7.09. The first-order chi connectivity index (χ1) is 9.88. The number of ether oxygens (including phenoxy) is 1. The minimum absolute atomic E-state index is 0.256. The van der Waals surface area contributed by atoms with Crippen LogP contribution in [0, 0.1) is 0 Å². The van der Waals surface area contributed by atoms with E-state index in [0.29, 0.717) is 24.2 Å². The van der Waals surface area contributed by atoms with E-state index in [1.165, 1.54) is 0 Å². The molecule has 1 aromatic heterocycles. The van der Waals surface area contributed by atoms with Gasteiger partial charge in [0.25, 0.3) is 0 Å². The maximum absolute atomic E-state index is 5.79. The zero-order valence-electron chi connectivity index (χ0n) is 11.6. The summed E-state index contributed by atoms with van der Waals surface area (Å²) in [5.41, 5.74) is 1.05. The molecule has 1 fully saturated rings.